The Morgan fingerprint density at radius 1 is 0.909 bits per heavy atom. The van der Waals surface area contributed by atoms with Crippen molar-refractivity contribution in [1.82, 2.24) is 0 Å². The zero-order valence-corrected chi connectivity index (χ0v) is 22.4. The summed E-state index contributed by atoms with van der Waals surface area (Å²) in [5, 5.41) is 21.4. The summed E-state index contributed by atoms with van der Waals surface area (Å²) in [5.74, 6) is 1.55. The van der Waals surface area contributed by atoms with E-state index in [1.807, 2.05) is 13.8 Å². The molecule has 3 fully saturated rings. The van der Waals surface area contributed by atoms with Crippen molar-refractivity contribution in [3.05, 3.63) is 23.3 Å². The molecule has 9 atom stereocenters. The maximum atomic E-state index is 10.8. The molecule has 2 N–H and O–H groups in total. The van der Waals surface area contributed by atoms with Gasteiger partial charge in [0.25, 0.3) is 0 Å². The molecule has 2 saturated carbocycles. The van der Waals surface area contributed by atoms with Crippen molar-refractivity contribution in [1.29, 1.82) is 0 Å². The van der Waals surface area contributed by atoms with Crippen LogP contribution < -0.4 is 0 Å². The molecule has 0 radical (unpaired) electrons. The minimum atomic E-state index is -0.435. The average Bonchev–Trinajstić information content (AvgIpc) is 3.17. The second-order valence-electron chi connectivity index (χ2n) is 14.3. The van der Waals surface area contributed by atoms with Gasteiger partial charge in [0.05, 0.1) is 23.9 Å². The van der Waals surface area contributed by atoms with Crippen molar-refractivity contribution in [2.24, 2.45) is 39.4 Å². The zero-order valence-electron chi connectivity index (χ0n) is 22.4. The molecule has 0 aromatic rings. The summed E-state index contributed by atoms with van der Waals surface area (Å²) in [6.07, 6.45) is 12.3. The third kappa shape index (κ3) is 3.04. The highest BCUT2D eigenvalue weighted by Gasteiger charge is 2.64. The number of hydrogen-bond donors (Lipinski definition) is 2. The molecule has 0 aromatic carbocycles. The molecule has 0 unspecified atom stereocenters. The van der Waals surface area contributed by atoms with Gasteiger partial charge in [-0.25, -0.2) is 0 Å². The molecule has 0 spiro atoms. The highest BCUT2D eigenvalue weighted by Crippen LogP contribution is 2.72. The van der Waals surface area contributed by atoms with Gasteiger partial charge in [-0.1, -0.05) is 53.7 Å². The Balaban J connectivity index is 1.48. The topological polar surface area (TPSA) is 49.7 Å². The maximum absolute atomic E-state index is 10.8. The second-order valence-corrected chi connectivity index (χ2v) is 14.3. The van der Waals surface area contributed by atoms with E-state index in [-0.39, 0.29) is 40.0 Å². The SMILES string of the molecule is C[C@@H]([C@H]1CC[C@@]2(C)C3=CC[C@H]4C(C)(C)[C@@H](O)CC[C@]4(C)C3=CC[C@]12C)[C@H]1C[C@H](O)C(C)(C)O1. The molecule has 0 amide bonds. The van der Waals surface area contributed by atoms with Crippen LogP contribution in [0.25, 0.3) is 0 Å². The molecule has 33 heavy (non-hydrogen) atoms. The third-order valence-corrected chi connectivity index (χ3v) is 12.2. The van der Waals surface area contributed by atoms with Crippen LogP contribution in [0, 0.1) is 39.4 Å². The number of ether oxygens (including phenoxy) is 1. The van der Waals surface area contributed by atoms with Crippen LogP contribution in [0.1, 0.15) is 100 Å². The predicted octanol–water partition coefficient (Wildman–Crippen LogP) is 6.44. The molecule has 5 aliphatic rings. The lowest BCUT2D eigenvalue weighted by molar-refractivity contribution is -0.0912. The summed E-state index contributed by atoms with van der Waals surface area (Å²) in [5.41, 5.74) is 3.34. The fourth-order valence-electron chi connectivity index (χ4n) is 9.48. The molecule has 0 bridgehead atoms. The van der Waals surface area contributed by atoms with E-state index < -0.39 is 5.60 Å². The zero-order chi connectivity index (χ0) is 24.2. The van der Waals surface area contributed by atoms with E-state index in [4.69, 9.17) is 4.74 Å². The lowest BCUT2D eigenvalue weighted by atomic mass is 9.44. The molecular formula is C30H48O3. The molecule has 3 nitrogen and oxygen atoms in total. The molecule has 1 heterocycles. The predicted molar refractivity (Wildman–Crippen MR) is 134 cm³/mol. The molecule has 1 aliphatic heterocycles. The lowest BCUT2D eigenvalue weighted by Crippen LogP contribution is -2.54. The van der Waals surface area contributed by atoms with E-state index in [0.29, 0.717) is 17.8 Å². The van der Waals surface area contributed by atoms with Crippen LogP contribution >= 0.6 is 0 Å². The number of hydrogen-bond acceptors (Lipinski definition) is 3. The van der Waals surface area contributed by atoms with Gasteiger partial charge in [0.15, 0.2) is 0 Å². The van der Waals surface area contributed by atoms with Crippen LogP contribution in [0.5, 0.6) is 0 Å². The second kappa shape index (κ2) is 7.20. The minimum absolute atomic E-state index is 0.0439. The minimum Gasteiger partial charge on any atom is -0.393 e. The van der Waals surface area contributed by atoms with Gasteiger partial charge < -0.3 is 14.9 Å². The highest BCUT2D eigenvalue weighted by atomic mass is 16.5. The number of aliphatic hydroxyl groups is 2. The maximum Gasteiger partial charge on any atom is 0.0889 e. The van der Waals surface area contributed by atoms with Gasteiger partial charge in [-0.3, -0.25) is 0 Å². The summed E-state index contributed by atoms with van der Waals surface area (Å²) >= 11 is 0. The smallest absolute Gasteiger partial charge is 0.0889 e. The van der Waals surface area contributed by atoms with Crippen LogP contribution in [-0.4, -0.2) is 34.1 Å². The standard InChI is InChI=1S/C30H48O3/c1-18(22-17-25(32)27(4,5)33-22)19-11-15-30(8)21-9-10-23-26(2,3)24(31)13-14-28(23,6)20(21)12-16-29(19,30)7/h9,12,18-19,22-25,31-32H,10-11,13-17H2,1-8H3/t18-,19+,22+,23-,24-,25-,28+,29+,30-/m0/s1. The van der Waals surface area contributed by atoms with Gasteiger partial charge in [0.2, 0.25) is 0 Å². The van der Waals surface area contributed by atoms with E-state index in [1.165, 1.54) is 12.8 Å². The van der Waals surface area contributed by atoms with Crippen LogP contribution in [0.15, 0.2) is 23.3 Å². The molecule has 1 saturated heterocycles. The summed E-state index contributed by atoms with van der Waals surface area (Å²) < 4.78 is 6.42. The van der Waals surface area contributed by atoms with Crippen molar-refractivity contribution in [3.63, 3.8) is 0 Å². The molecule has 4 aliphatic carbocycles. The third-order valence-electron chi connectivity index (χ3n) is 12.2. The van der Waals surface area contributed by atoms with Crippen LogP contribution in [0.4, 0.5) is 0 Å². The van der Waals surface area contributed by atoms with Gasteiger partial charge in [-0.15, -0.1) is 0 Å². The Kier molecular flexibility index (Phi) is 5.25. The Bertz CT molecular complexity index is 883. The lowest BCUT2D eigenvalue weighted by Gasteiger charge is -2.61. The molecular weight excluding hydrogens is 408 g/mol. The molecule has 5 rings (SSSR count). The van der Waals surface area contributed by atoms with E-state index in [1.54, 1.807) is 11.1 Å². The Hall–Kier alpha value is -0.640. The Morgan fingerprint density at radius 2 is 1.61 bits per heavy atom. The van der Waals surface area contributed by atoms with Crippen molar-refractivity contribution < 1.29 is 14.9 Å². The van der Waals surface area contributed by atoms with Crippen LogP contribution in [0.2, 0.25) is 0 Å². The fourth-order valence-corrected chi connectivity index (χ4v) is 9.48. The van der Waals surface area contributed by atoms with Gasteiger partial charge in [0, 0.05) is 6.42 Å². The van der Waals surface area contributed by atoms with Crippen LogP contribution in [-0.2, 0) is 4.74 Å². The van der Waals surface area contributed by atoms with Crippen molar-refractivity contribution >= 4 is 0 Å². The average molecular weight is 457 g/mol. The van der Waals surface area contributed by atoms with E-state index in [9.17, 15) is 10.2 Å². The monoisotopic (exact) mass is 456 g/mol. The van der Waals surface area contributed by atoms with Crippen molar-refractivity contribution in [2.45, 2.75) is 124 Å². The first-order valence-corrected chi connectivity index (χ1v) is 13.6. The molecule has 186 valence electrons. The number of allylic oxidation sites excluding steroid dienone is 4. The van der Waals surface area contributed by atoms with E-state index >= 15 is 0 Å². The summed E-state index contributed by atoms with van der Waals surface area (Å²) in [6, 6.07) is 0. The number of aliphatic hydroxyl groups excluding tert-OH is 2. The van der Waals surface area contributed by atoms with Crippen molar-refractivity contribution in [2.75, 3.05) is 0 Å². The Morgan fingerprint density at radius 3 is 2.24 bits per heavy atom. The molecule has 3 heteroatoms. The number of fused-ring (bicyclic) bond motifs is 5. The van der Waals surface area contributed by atoms with E-state index in [0.717, 1.165) is 32.1 Å². The van der Waals surface area contributed by atoms with Crippen molar-refractivity contribution in [3.8, 4) is 0 Å². The van der Waals surface area contributed by atoms with Crippen LogP contribution in [0.3, 0.4) is 0 Å². The first-order chi connectivity index (χ1) is 15.2. The first kappa shape index (κ1) is 24.1. The summed E-state index contributed by atoms with van der Waals surface area (Å²) in [4.78, 5) is 0. The molecule has 0 aromatic heterocycles. The first-order valence-electron chi connectivity index (χ1n) is 13.6. The van der Waals surface area contributed by atoms with Gasteiger partial charge >= 0.3 is 0 Å². The van der Waals surface area contributed by atoms with E-state index in [2.05, 4.69) is 53.7 Å². The largest absolute Gasteiger partial charge is 0.393 e. The summed E-state index contributed by atoms with van der Waals surface area (Å²) in [7, 11) is 0. The highest BCUT2D eigenvalue weighted by molar-refractivity contribution is 5.49. The van der Waals surface area contributed by atoms with Gasteiger partial charge in [-0.05, 0) is 103 Å². The normalized spacial score (nSPS) is 51.2. The van der Waals surface area contributed by atoms with Gasteiger partial charge in [0.1, 0.15) is 0 Å². The summed E-state index contributed by atoms with van der Waals surface area (Å²) in [6.45, 7) is 18.6. The quantitative estimate of drug-likeness (QED) is 0.503. The Labute approximate surface area is 202 Å². The fraction of sp³-hybridized carbons (Fsp3) is 0.867. The van der Waals surface area contributed by atoms with Gasteiger partial charge in [-0.2, -0.15) is 0 Å². The number of rotatable bonds is 2.